The van der Waals surface area contributed by atoms with E-state index >= 15 is 0 Å². The van der Waals surface area contributed by atoms with E-state index in [1.54, 1.807) is 0 Å². The fourth-order valence-corrected chi connectivity index (χ4v) is 4.70. The lowest BCUT2D eigenvalue weighted by Crippen LogP contribution is -2.50. The molecule has 0 saturated heterocycles. The van der Waals surface area contributed by atoms with E-state index < -0.39 is 0 Å². The van der Waals surface area contributed by atoms with Crippen molar-refractivity contribution in [1.29, 1.82) is 0 Å². The van der Waals surface area contributed by atoms with Gasteiger partial charge in [0.15, 0.2) is 0 Å². The molecule has 2 aliphatic carbocycles. The summed E-state index contributed by atoms with van der Waals surface area (Å²) in [5.41, 5.74) is 6.34. The van der Waals surface area contributed by atoms with E-state index in [2.05, 4.69) is 10.1 Å². The van der Waals surface area contributed by atoms with E-state index in [1.165, 1.54) is 19.3 Å². The predicted molar refractivity (Wildman–Crippen MR) is 96.2 cm³/mol. The minimum Gasteiger partial charge on any atom is -0.333 e. The van der Waals surface area contributed by atoms with E-state index in [-0.39, 0.29) is 30.7 Å². The van der Waals surface area contributed by atoms with E-state index in [0.29, 0.717) is 30.3 Å². The minimum absolute atomic E-state index is 0. The Kier molecular flexibility index (Phi) is 6.15. The Morgan fingerprint density at radius 3 is 2.50 bits per heavy atom. The van der Waals surface area contributed by atoms with E-state index in [1.807, 2.05) is 16.5 Å². The fraction of sp³-hybridized carbons (Fsp3) is 0.812. The normalized spacial score (nSPS) is 31.5. The molecule has 2 atom stereocenters. The summed E-state index contributed by atoms with van der Waals surface area (Å²) in [6.45, 7) is 4.03. The van der Waals surface area contributed by atoms with Gasteiger partial charge in [-0.15, -0.1) is 24.8 Å². The van der Waals surface area contributed by atoms with Crippen molar-refractivity contribution in [3.05, 3.63) is 11.6 Å². The maximum absolute atomic E-state index is 12.9. The molecule has 24 heavy (non-hydrogen) atoms. The number of nitrogens with zero attached hydrogens (tertiary/aromatic N) is 4. The van der Waals surface area contributed by atoms with Crippen LogP contribution in [0.25, 0.3) is 0 Å². The topological polar surface area (TPSA) is 77.0 Å². The van der Waals surface area contributed by atoms with Crippen LogP contribution in [-0.4, -0.2) is 38.2 Å². The van der Waals surface area contributed by atoms with Gasteiger partial charge in [0.05, 0.1) is 13.1 Å². The third-order valence-electron chi connectivity index (χ3n) is 5.84. The van der Waals surface area contributed by atoms with Crippen molar-refractivity contribution in [2.75, 3.05) is 6.54 Å². The maximum atomic E-state index is 12.9. The molecule has 1 aromatic heterocycles. The summed E-state index contributed by atoms with van der Waals surface area (Å²) in [6.07, 6.45) is 5.66. The molecule has 4 rings (SSSR count). The zero-order valence-electron chi connectivity index (χ0n) is 14.1. The number of carbonyl (C=O) groups is 1. The van der Waals surface area contributed by atoms with Crippen LogP contribution in [0.4, 0.5) is 0 Å². The van der Waals surface area contributed by atoms with Crippen molar-refractivity contribution in [3.63, 3.8) is 0 Å². The van der Waals surface area contributed by atoms with Gasteiger partial charge in [-0.1, -0.05) is 6.42 Å². The standard InChI is InChI=1S/C16H25N5O.2ClH/c1-10-18-14-9-20(5-6-21(14)19-10)16(22)13-7-11-3-2-4-12(8-13)15(11)17;;/h11-13,15H,2-9,17H2,1H3;2*1H. The number of halogens is 2. The Hall–Kier alpha value is -0.850. The highest BCUT2D eigenvalue weighted by molar-refractivity contribution is 5.85. The number of aryl methyl sites for hydroxylation is 1. The second-order valence-corrected chi connectivity index (χ2v) is 7.25. The molecule has 0 radical (unpaired) electrons. The summed E-state index contributed by atoms with van der Waals surface area (Å²) < 4.78 is 1.94. The molecule has 0 spiro atoms. The number of fused-ring (bicyclic) bond motifs is 3. The molecule has 1 aliphatic heterocycles. The Morgan fingerprint density at radius 1 is 1.17 bits per heavy atom. The second kappa shape index (κ2) is 7.58. The lowest BCUT2D eigenvalue weighted by atomic mass is 9.65. The van der Waals surface area contributed by atoms with Crippen LogP contribution >= 0.6 is 24.8 Å². The summed E-state index contributed by atoms with van der Waals surface area (Å²) in [5.74, 6) is 3.31. The number of hydrogen-bond acceptors (Lipinski definition) is 4. The maximum Gasteiger partial charge on any atom is 0.226 e. The van der Waals surface area contributed by atoms with Crippen molar-refractivity contribution < 1.29 is 4.79 Å². The summed E-state index contributed by atoms with van der Waals surface area (Å²) >= 11 is 0. The highest BCUT2D eigenvalue weighted by Gasteiger charge is 2.42. The smallest absolute Gasteiger partial charge is 0.226 e. The van der Waals surface area contributed by atoms with Crippen LogP contribution in [-0.2, 0) is 17.9 Å². The molecule has 2 heterocycles. The predicted octanol–water partition coefficient (Wildman–Crippen LogP) is 1.93. The molecular weight excluding hydrogens is 349 g/mol. The van der Waals surface area contributed by atoms with Crippen molar-refractivity contribution in [1.82, 2.24) is 19.7 Å². The lowest BCUT2D eigenvalue weighted by molar-refractivity contribution is -0.140. The number of amides is 1. The number of rotatable bonds is 1. The molecule has 2 N–H and O–H groups in total. The summed E-state index contributed by atoms with van der Waals surface area (Å²) in [7, 11) is 0. The van der Waals surface area contributed by atoms with Gasteiger partial charge in [-0.2, -0.15) is 5.10 Å². The Labute approximate surface area is 155 Å². The summed E-state index contributed by atoms with van der Waals surface area (Å²) in [6, 6.07) is 0.324. The van der Waals surface area contributed by atoms with Gasteiger partial charge in [0, 0.05) is 18.5 Å². The van der Waals surface area contributed by atoms with Gasteiger partial charge in [-0.25, -0.2) is 9.67 Å². The third-order valence-corrected chi connectivity index (χ3v) is 5.84. The highest BCUT2D eigenvalue weighted by Crippen LogP contribution is 2.42. The monoisotopic (exact) mass is 375 g/mol. The molecular formula is C16H27Cl2N5O. The SMILES string of the molecule is Cc1nc2n(n1)CCN(C(=O)C1CC3CCCC(C1)C3N)C2.Cl.Cl. The van der Waals surface area contributed by atoms with Crippen LogP contribution in [0.1, 0.15) is 43.8 Å². The first-order valence-electron chi connectivity index (χ1n) is 8.56. The van der Waals surface area contributed by atoms with Crippen LogP contribution in [0.5, 0.6) is 0 Å². The van der Waals surface area contributed by atoms with Crippen molar-refractivity contribution in [3.8, 4) is 0 Å². The van der Waals surface area contributed by atoms with E-state index in [9.17, 15) is 4.79 Å². The van der Waals surface area contributed by atoms with E-state index in [4.69, 9.17) is 5.73 Å². The first-order valence-corrected chi connectivity index (χ1v) is 8.56. The molecule has 8 heteroatoms. The van der Waals surface area contributed by atoms with Gasteiger partial charge in [0.2, 0.25) is 5.91 Å². The number of carbonyl (C=O) groups excluding carboxylic acids is 1. The van der Waals surface area contributed by atoms with Crippen LogP contribution in [0.15, 0.2) is 0 Å². The number of aromatic nitrogens is 3. The molecule has 3 aliphatic rings. The fourth-order valence-electron chi connectivity index (χ4n) is 4.70. The van der Waals surface area contributed by atoms with Gasteiger partial charge in [-0.3, -0.25) is 4.79 Å². The van der Waals surface area contributed by atoms with Gasteiger partial charge >= 0.3 is 0 Å². The molecule has 1 amide bonds. The average molecular weight is 376 g/mol. The van der Waals surface area contributed by atoms with Gasteiger partial charge in [0.1, 0.15) is 11.6 Å². The van der Waals surface area contributed by atoms with Gasteiger partial charge < -0.3 is 10.6 Å². The first-order chi connectivity index (χ1) is 10.6. The molecule has 136 valence electrons. The molecule has 2 saturated carbocycles. The minimum atomic E-state index is 0. The van der Waals surface area contributed by atoms with Crippen LogP contribution in [0.3, 0.4) is 0 Å². The van der Waals surface area contributed by atoms with Crippen molar-refractivity contribution >= 4 is 30.7 Å². The number of nitrogens with two attached hydrogens (primary N) is 1. The zero-order chi connectivity index (χ0) is 15.3. The average Bonchev–Trinajstić information content (AvgIpc) is 2.85. The highest BCUT2D eigenvalue weighted by atomic mass is 35.5. The largest absolute Gasteiger partial charge is 0.333 e. The van der Waals surface area contributed by atoms with Crippen LogP contribution in [0.2, 0.25) is 0 Å². The molecule has 2 fully saturated rings. The lowest BCUT2D eigenvalue weighted by Gasteiger charge is -2.44. The summed E-state index contributed by atoms with van der Waals surface area (Å²) in [5, 5.41) is 4.37. The second-order valence-electron chi connectivity index (χ2n) is 7.25. The Morgan fingerprint density at radius 2 is 1.83 bits per heavy atom. The molecule has 1 aromatic rings. The number of hydrogen-bond donors (Lipinski definition) is 1. The van der Waals surface area contributed by atoms with Crippen molar-refractivity contribution in [2.24, 2.45) is 23.5 Å². The summed E-state index contributed by atoms with van der Waals surface area (Å²) in [4.78, 5) is 19.4. The molecule has 2 bridgehead atoms. The van der Waals surface area contributed by atoms with E-state index in [0.717, 1.165) is 37.6 Å². The first kappa shape index (κ1) is 19.5. The van der Waals surface area contributed by atoms with Crippen molar-refractivity contribution in [2.45, 2.75) is 58.2 Å². The Balaban J connectivity index is 0.00000104. The molecule has 0 aromatic carbocycles. The molecule has 2 unspecified atom stereocenters. The molecule has 6 nitrogen and oxygen atoms in total. The van der Waals surface area contributed by atoms with Gasteiger partial charge in [-0.05, 0) is 44.4 Å². The Bertz CT molecular complexity index is 579. The zero-order valence-corrected chi connectivity index (χ0v) is 15.7. The van der Waals surface area contributed by atoms with Gasteiger partial charge in [0.25, 0.3) is 0 Å². The third kappa shape index (κ3) is 3.41. The van der Waals surface area contributed by atoms with Crippen LogP contribution < -0.4 is 5.73 Å². The quantitative estimate of drug-likeness (QED) is 0.813. The van der Waals surface area contributed by atoms with Crippen LogP contribution in [0, 0.1) is 24.7 Å².